The summed E-state index contributed by atoms with van der Waals surface area (Å²) in [5.74, 6) is -0.895. The molecule has 0 radical (unpaired) electrons. The fourth-order valence-electron chi connectivity index (χ4n) is 4.64. The van der Waals surface area contributed by atoms with E-state index in [4.69, 9.17) is 4.74 Å². The van der Waals surface area contributed by atoms with Gasteiger partial charge in [0.05, 0.1) is 6.20 Å². The summed E-state index contributed by atoms with van der Waals surface area (Å²) in [6.07, 6.45) is 3.47. The Labute approximate surface area is 190 Å². The SMILES string of the molecule is CN1Cc2c(C3=CCN(C(=O)OC(C)(C)C)CC3)[nH]c3ncc(F)c(c23)-c2cc(F)ccc21. The van der Waals surface area contributed by atoms with Crippen LogP contribution in [-0.2, 0) is 11.3 Å². The van der Waals surface area contributed by atoms with Crippen LogP contribution in [0.25, 0.3) is 27.7 Å². The summed E-state index contributed by atoms with van der Waals surface area (Å²) in [7, 11) is 1.91. The number of halogens is 2. The van der Waals surface area contributed by atoms with Crippen LogP contribution in [0.2, 0.25) is 0 Å². The average molecular weight is 453 g/mol. The van der Waals surface area contributed by atoms with Gasteiger partial charge in [0.15, 0.2) is 0 Å². The normalized spacial score (nSPS) is 15.9. The minimum atomic E-state index is -0.550. The highest BCUT2D eigenvalue weighted by atomic mass is 19.1. The van der Waals surface area contributed by atoms with Crippen molar-refractivity contribution in [2.75, 3.05) is 25.0 Å². The number of benzene rings is 1. The Morgan fingerprint density at radius 1 is 1.24 bits per heavy atom. The highest BCUT2D eigenvalue weighted by molar-refractivity contribution is 6.03. The molecule has 172 valence electrons. The minimum absolute atomic E-state index is 0.337. The summed E-state index contributed by atoms with van der Waals surface area (Å²) in [6, 6.07) is 4.46. The second-order valence-electron chi connectivity index (χ2n) is 9.61. The number of anilines is 1. The number of hydrogen-bond acceptors (Lipinski definition) is 4. The number of nitrogens with zero attached hydrogens (tertiary/aromatic N) is 3. The number of pyridine rings is 1. The van der Waals surface area contributed by atoms with Crippen molar-refractivity contribution in [3.8, 4) is 11.1 Å². The number of carbonyl (C=O) groups is 1. The first-order valence-electron chi connectivity index (χ1n) is 11.0. The van der Waals surface area contributed by atoms with Crippen molar-refractivity contribution in [1.29, 1.82) is 0 Å². The van der Waals surface area contributed by atoms with Crippen LogP contribution in [0.3, 0.4) is 0 Å². The lowest BCUT2D eigenvalue weighted by Gasteiger charge is -2.29. The molecular formula is C25H26F2N4O2. The number of H-pyrrole nitrogens is 1. The molecule has 0 unspecified atom stereocenters. The summed E-state index contributed by atoms with van der Waals surface area (Å²) in [5.41, 5.74) is 4.50. The van der Waals surface area contributed by atoms with Crippen LogP contribution in [0.1, 0.15) is 38.4 Å². The van der Waals surface area contributed by atoms with Crippen molar-refractivity contribution in [3.05, 3.63) is 53.4 Å². The van der Waals surface area contributed by atoms with Gasteiger partial charge in [0.25, 0.3) is 0 Å². The van der Waals surface area contributed by atoms with Gasteiger partial charge in [-0.25, -0.2) is 18.6 Å². The molecule has 1 N–H and O–H groups in total. The van der Waals surface area contributed by atoms with E-state index in [0.717, 1.165) is 22.5 Å². The molecule has 2 aliphatic heterocycles. The maximum absolute atomic E-state index is 15.1. The van der Waals surface area contributed by atoms with Crippen LogP contribution in [0.15, 0.2) is 30.5 Å². The second kappa shape index (κ2) is 7.57. The Bertz CT molecular complexity index is 1310. The van der Waals surface area contributed by atoms with E-state index < -0.39 is 17.2 Å². The van der Waals surface area contributed by atoms with E-state index in [0.29, 0.717) is 48.2 Å². The maximum atomic E-state index is 15.1. The van der Waals surface area contributed by atoms with Crippen molar-refractivity contribution in [3.63, 3.8) is 0 Å². The molecular weight excluding hydrogens is 426 g/mol. The smallest absolute Gasteiger partial charge is 0.410 e. The van der Waals surface area contributed by atoms with E-state index in [1.165, 1.54) is 18.3 Å². The van der Waals surface area contributed by atoms with Crippen molar-refractivity contribution >= 4 is 28.4 Å². The van der Waals surface area contributed by atoms with Gasteiger partial charge in [-0.1, -0.05) is 6.08 Å². The third-order valence-corrected chi connectivity index (χ3v) is 6.10. The van der Waals surface area contributed by atoms with E-state index in [9.17, 15) is 9.18 Å². The van der Waals surface area contributed by atoms with E-state index >= 15 is 4.39 Å². The highest BCUT2D eigenvalue weighted by Gasteiger charge is 2.30. The Kier molecular flexibility index (Phi) is 4.92. The molecule has 2 aromatic heterocycles. The third kappa shape index (κ3) is 3.73. The number of nitrogens with one attached hydrogen (secondary N) is 1. The second-order valence-corrected chi connectivity index (χ2v) is 9.61. The molecule has 5 rings (SSSR count). The molecule has 8 heteroatoms. The molecule has 3 aromatic rings. The lowest BCUT2D eigenvalue weighted by Crippen LogP contribution is -2.39. The zero-order valence-corrected chi connectivity index (χ0v) is 19.1. The zero-order chi connectivity index (χ0) is 23.5. The molecule has 2 aliphatic rings. The maximum Gasteiger partial charge on any atom is 0.410 e. The molecule has 0 bridgehead atoms. The molecule has 0 saturated carbocycles. The molecule has 0 spiro atoms. The Balaban J connectivity index is 1.58. The zero-order valence-electron chi connectivity index (χ0n) is 19.1. The first-order valence-corrected chi connectivity index (χ1v) is 11.0. The van der Waals surface area contributed by atoms with Crippen LogP contribution in [-0.4, -0.2) is 46.7 Å². The quantitative estimate of drug-likeness (QED) is 0.531. The third-order valence-electron chi connectivity index (χ3n) is 6.10. The minimum Gasteiger partial charge on any atom is -0.444 e. The predicted molar refractivity (Wildman–Crippen MR) is 124 cm³/mol. The first kappa shape index (κ1) is 21.4. The van der Waals surface area contributed by atoms with E-state index in [1.54, 1.807) is 11.0 Å². The number of fused-ring (bicyclic) bond motifs is 2. The van der Waals surface area contributed by atoms with Gasteiger partial charge >= 0.3 is 6.09 Å². The summed E-state index contributed by atoms with van der Waals surface area (Å²) >= 11 is 0. The number of aromatic nitrogens is 2. The molecule has 1 aromatic carbocycles. The number of amides is 1. The molecule has 1 amide bonds. The molecule has 0 fully saturated rings. The van der Waals surface area contributed by atoms with Gasteiger partial charge in [-0.3, -0.25) is 0 Å². The van der Waals surface area contributed by atoms with Gasteiger partial charge in [-0.2, -0.15) is 0 Å². The van der Waals surface area contributed by atoms with Crippen molar-refractivity contribution in [2.45, 2.75) is 39.3 Å². The van der Waals surface area contributed by atoms with Crippen LogP contribution in [0.5, 0.6) is 0 Å². The van der Waals surface area contributed by atoms with Crippen LogP contribution >= 0.6 is 0 Å². The van der Waals surface area contributed by atoms with Gasteiger partial charge in [0.1, 0.15) is 22.9 Å². The van der Waals surface area contributed by atoms with Crippen molar-refractivity contribution in [1.82, 2.24) is 14.9 Å². The van der Waals surface area contributed by atoms with Gasteiger partial charge in [-0.15, -0.1) is 0 Å². The lowest BCUT2D eigenvalue weighted by molar-refractivity contribution is 0.0270. The standard InChI is InChI=1S/C25H26F2N4O2/c1-25(2,3)33-24(32)31-9-7-14(8-10-31)22-17-13-30(4)19-6-5-15(26)11-16(19)20-18(27)12-28-23(29-22)21(17)20/h5-7,11-12H,8-10,13H2,1-4H3,(H,28,29). The highest BCUT2D eigenvalue weighted by Crippen LogP contribution is 2.44. The molecule has 33 heavy (non-hydrogen) atoms. The van der Waals surface area contributed by atoms with Crippen molar-refractivity contribution in [2.24, 2.45) is 0 Å². The van der Waals surface area contributed by atoms with Gasteiger partial charge in [-0.05, 0) is 51.0 Å². The molecule has 0 aliphatic carbocycles. The summed E-state index contributed by atoms with van der Waals surface area (Å²) in [5, 5.41) is 0.677. The monoisotopic (exact) mass is 452 g/mol. The van der Waals surface area contributed by atoms with Gasteiger partial charge < -0.3 is 19.5 Å². The van der Waals surface area contributed by atoms with Crippen molar-refractivity contribution < 1.29 is 18.3 Å². The van der Waals surface area contributed by atoms with E-state index in [1.807, 2.05) is 38.8 Å². The van der Waals surface area contributed by atoms with Crippen LogP contribution < -0.4 is 4.90 Å². The molecule has 0 saturated heterocycles. The summed E-state index contributed by atoms with van der Waals surface area (Å²) < 4.78 is 34.7. The Morgan fingerprint density at radius 3 is 2.73 bits per heavy atom. The number of rotatable bonds is 1. The Morgan fingerprint density at radius 2 is 2.03 bits per heavy atom. The van der Waals surface area contributed by atoms with E-state index in [2.05, 4.69) is 9.97 Å². The lowest BCUT2D eigenvalue weighted by atomic mass is 9.97. The summed E-state index contributed by atoms with van der Waals surface area (Å²) in [4.78, 5) is 23.8. The molecule has 6 nitrogen and oxygen atoms in total. The van der Waals surface area contributed by atoms with Gasteiger partial charge in [0, 0.05) is 60.1 Å². The largest absolute Gasteiger partial charge is 0.444 e. The first-order chi connectivity index (χ1) is 15.6. The number of hydrogen-bond donors (Lipinski definition) is 1. The van der Waals surface area contributed by atoms with Gasteiger partial charge in [0.2, 0.25) is 0 Å². The fourth-order valence-corrected chi connectivity index (χ4v) is 4.64. The average Bonchev–Trinajstić information content (AvgIpc) is 3.04. The Hall–Kier alpha value is -3.42. The summed E-state index contributed by atoms with van der Waals surface area (Å²) in [6.45, 7) is 7.00. The van der Waals surface area contributed by atoms with Crippen LogP contribution in [0, 0.1) is 11.6 Å². The molecule has 4 heterocycles. The number of ether oxygens (including phenoxy) is 1. The number of aromatic amines is 1. The predicted octanol–water partition coefficient (Wildman–Crippen LogP) is 5.48. The molecule has 0 atom stereocenters. The van der Waals surface area contributed by atoms with Crippen LogP contribution in [0.4, 0.5) is 19.3 Å². The fraction of sp³-hybridized carbons (Fsp3) is 0.360. The number of carbonyl (C=O) groups excluding carboxylic acids is 1. The van der Waals surface area contributed by atoms with E-state index in [-0.39, 0.29) is 6.09 Å². The topological polar surface area (TPSA) is 61.5 Å².